The first kappa shape index (κ1) is 12.4. The highest BCUT2D eigenvalue weighted by Gasteiger charge is 2.18. The number of thiophene rings is 1. The first-order valence-electron chi connectivity index (χ1n) is 4.65. The molecule has 0 aliphatic rings. The van der Waals surface area contributed by atoms with Gasteiger partial charge in [-0.1, -0.05) is 6.92 Å². The van der Waals surface area contributed by atoms with Crippen LogP contribution in [0, 0.1) is 0 Å². The minimum Gasteiger partial charge on any atom is -0.347 e. The zero-order valence-corrected chi connectivity index (χ0v) is 10.9. The minimum atomic E-state index is -0.529. The Kier molecular flexibility index (Phi) is 4.47. The van der Waals surface area contributed by atoms with Crippen molar-refractivity contribution in [3.05, 3.63) is 20.8 Å². The van der Waals surface area contributed by atoms with Crippen molar-refractivity contribution < 1.29 is 9.59 Å². The van der Waals surface area contributed by atoms with Crippen molar-refractivity contribution in [2.75, 3.05) is 0 Å². The Morgan fingerprint density at radius 2 is 2.20 bits per heavy atom. The molecule has 1 rings (SSSR count). The van der Waals surface area contributed by atoms with Crippen molar-refractivity contribution >= 4 is 39.0 Å². The summed E-state index contributed by atoms with van der Waals surface area (Å²) in [5.41, 5.74) is 0. The SMILES string of the molecule is CCC(C)NC(=O)C(=O)c1ccc(Br)s1. The normalized spacial score (nSPS) is 12.2. The highest BCUT2D eigenvalue weighted by Crippen LogP contribution is 2.22. The fourth-order valence-electron chi connectivity index (χ4n) is 0.940. The number of hydrogen-bond acceptors (Lipinski definition) is 3. The van der Waals surface area contributed by atoms with Crippen LogP contribution in [0.15, 0.2) is 15.9 Å². The van der Waals surface area contributed by atoms with Crippen molar-refractivity contribution in [3.63, 3.8) is 0 Å². The molecule has 1 aromatic rings. The molecular formula is C10H12BrNO2S. The molecule has 0 spiro atoms. The van der Waals surface area contributed by atoms with Gasteiger partial charge >= 0.3 is 0 Å². The summed E-state index contributed by atoms with van der Waals surface area (Å²) in [6.45, 7) is 3.83. The van der Waals surface area contributed by atoms with Gasteiger partial charge < -0.3 is 5.32 Å². The largest absolute Gasteiger partial charge is 0.347 e. The second-order valence-electron chi connectivity index (χ2n) is 3.22. The Labute approximate surface area is 101 Å². The molecule has 0 aliphatic carbocycles. The van der Waals surface area contributed by atoms with Gasteiger partial charge in [0.05, 0.1) is 8.66 Å². The van der Waals surface area contributed by atoms with E-state index in [1.54, 1.807) is 12.1 Å². The molecule has 82 valence electrons. The molecule has 0 fully saturated rings. The van der Waals surface area contributed by atoms with Crippen LogP contribution in [0.2, 0.25) is 0 Å². The number of amides is 1. The molecule has 5 heteroatoms. The van der Waals surface area contributed by atoms with Crippen LogP contribution in [0.5, 0.6) is 0 Å². The summed E-state index contributed by atoms with van der Waals surface area (Å²) in [6, 6.07) is 3.44. The third kappa shape index (κ3) is 3.43. The van der Waals surface area contributed by atoms with Crippen LogP contribution < -0.4 is 5.32 Å². The zero-order chi connectivity index (χ0) is 11.4. The van der Waals surface area contributed by atoms with E-state index in [2.05, 4.69) is 21.2 Å². The molecule has 0 aliphatic heterocycles. The molecular weight excluding hydrogens is 278 g/mol. The van der Waals surface area contributed by atoms with E-state index in [-0.39, 0.29) is 6.04 Å². The van der Waals surface area contributed by atoms with Gasteiger partial charge in [-0.15, -0.1) is 11.3 Å². The van der Waals surface area contributed by atoms with E-state index in [9.17, 15) is 9.59 Å². The Hall–Kier alpha value is -0.680. The molecule has 0 bridgehead atoms. The van der Waals surface area contributed by atoms with E-state index in [0.717, 1.165) is 10.2 Å². The third-order valence-electron chi connectivity index (χ3n) is 1.99. The maximum absolute atomic E-state index is 11.6. The Bertz CT molecular complexity index is 375. The van der Waals surface area contributed by atoms with Crippen molar-refractivity contribution in [2.45, 2.75) is 26.3 Å². The van der Waals surface area contributed by atoms with E-state index in [1.165, 1.54) is 11.3 Å². The van der Waals surface area contributed by atoms with Crippen molar-refractivity contribution in [2.24, 2.45) is 0 Å². The topological polar surface area (TPSA) is 46.2 Å². The lowest BCUT2D eigenvalue weighted by Crippen LogP contribution is -2.36. The second kappa shape index (κ2) is 5.42. The monoisotopic (exact) mass is 289 g/mol. The van der Waals surface area contributed by atoms with Crippen LogP contribution in [-0.4, -0.2) is 17.7 Å². The fraction of sp³-hybridized carbons (Fsp3) is 0.400. The summed E-state index contributed by atoms with van der Waals surface area (Å²) in [5.74, 6) is -0.996. The quantitative estimate of drug-likeness (QED) is 0.684. The number of ketones is 1. The van der Waals surface area contributed by atoms with Crippen LogP contribution in [0.1, 0.15) is 29.9 Å². The maximum Gasteiger partial charge on any atom is 0.293 e. The average Bonchev–Trinajstić information content (AvgIpc) is 2.63. The summed E-state index contributed by atoms with van der Waals surface area (Å²) in [7, 11) is 0. The number of Topliss-reactive ketones (excluding diaryl/α,β-unsaturated/α-hetero) is 1. The van der Waals surface area contributed by atoms with Gasteiger partial charge in [-0.05, 0) is 41.4 Å². The Balaban J connectivity index is 2.65. The van der Waals surface area contributed by atoms with Gasteiger partial charge in [0.15, 0.2) is 0 Å². The van der Waals surface area contributed by atoms with E-state index < -0.39 is 11.7 Å². The van der Waals surface area contributed by atoms with Gasteiger partial charge in [-0.2, -0.15) is 0 Å². The summed E-state index contributed by atoms with van der Waals surface area (Å²) in [5, 5.41) is 2.64. The molecule has 1 aromatic heterocycles. The summed E-state index contributed by atoms with van der Waals surface area (Å²) in [4.78, 5) is 23.5. The average molecular weight is 290 g/mol. The van der Waals surface area contributed by atoms with E-state index in [0.29, 0.717) is 4.88 Å². The highest BCUT2D eigenvalue weighted by molar-refractivity contribution is 9.11. The summed E-state index contributed by atoms with van der Waals surface area (Å²) in [6.07, 6.45) is 0.813. The lowest BCUT2D eigenvalue weighted by atomic mass is 10.2. The van der Waals surface area contributed by atoms with E-state index in [1.807, 2.05) is 13.8 Å². The standard InChI is InChI=1S/C10H12BrNO2S/c1-3-6(2)12-10(14)9(13)7-4-5-8(11)15-7/h4-6H,3H2,1-2H3,(H,12,14). The fourth-order valence-corrected chi connectivity index (χ4v) is 2.26. The summed E-state index contributed by atoms with van der Waals surface area (Å²) < 4.78 is 0.849. The molecule has 1 N–H and O–H groups in total. The Morgan fingerprint density at radius 1 is 1.53 bits per heavy atom. The van der Waals surface area contributed by atoms with Crippen LogP contribution in [-0.2, 0) is 4.79 Å². The second-order valence-corrected chi connectivity index (χ2v) is 5.68. The van der Waals surface area contributed by atoms with Crippen LogP contribution in [0.4, 0.5) is 0 Å². The van der Waals surface area contributed by atoms with Gasteiger partial charge in [-0.3, -0.25) is 9.59 Å². The van der Waals surface area contributed by atoms with Crippen molar-refractivity contribution in [3.8, 4) is 0 Å². The van der Waals surface area contributed by atoms with Crippen LogP contribution in [0.3, 0.4) is 0 Å². The lowest BCUT2D eigenvalue weighted by Gasteiger charge is -2.09. The number of carbonyl (C=O) groups is 2. The van der Waals surface area contributed by atoms with Gasteiger partial charge in [0.25, 0.3) is 11.7 Å². The van der Waals surface area contributed by atoms with Crippen molar-refractivity contribution in [1.82, 2.24) is 5.32 Å². The molecule has 0 saturated carbocycles. The highest BCUT2D eigenvalue weighted by atomic mass is 79.9. The number of carbonyl (C=O) groups excluding carboxylic acids is 2. The number of hydrogen-bond donors (Lipinski definition) is 1. The zero-order valence-electron chi connectivity index (χ0n) is 8.54. The number of halogens is 1. The third-order valence-corrected chi connectivity index (χ3v) is 3.62. The number of nitrogens with one attached hydrogen (secondary N) is 1. The molecule has 0 aromatic carbocycles. The van der Waals surface area contributed by atoms with Crippen LogP contribution >= 0.6 is 27.3 Å². The van der Waals surface area contributed by atoms with Gasteiger partial charge in [0, 0.05) is 6.04 Å². The predicted octanol–water partition coefficient (Wildman–Crippen LogP) is 2.61. The number of rotatable bonds is 4. The molecule has 1 heterocycles. The molecule has 0 saturated heterocycles. The van der Waals surface area contributed by atoms with Gasteiger partial charge in [0.1, 0.15) is 0 Å². The molecule has 0 radical (unpaired) electrons. The smallest absolute Gasteiger partial charge is 0.293 e. The molecule has 3 nitrogen and oxygen atoms in total. The Morgan fingerprint density at radius 3 is 2.67 bits per heavy atom. The predicted molar refractivity (Wildman–Crippen MR) is 64.2 cm³/mol. The summed E-state index contributed by atoms with van der Waals surface area (Å²) >= 11 is 4.51. The molecule has 1 atom stereocenters. The maximum atomic E-state index is 11.6. The van der Waals surface area contributed by atoms with E-state index in [4.69, 9.17) is 0 Å². The van der Waals surface area contributed by atoms with Gasteiger partial charge in [0.2, 0.25) is 0 Å². The van der Waals surface area contributed by atoms with Crippen LogP contribution in [0.25, 0.3) is 0 Å². The van der Waals surface area contributed by atoms with E-state index >= 15 is 0 Å². The minimum absolute atomic E-state index is 0.0323. The molecule has 1 unspecified atom stereocenters. The molecule has 15 heavy (non-hydrogen) atoms. The lowest BCUT2D eigenvalue weighted by molar-refractivity contribution is -0.117. The first-order valence-corrected chi connectivity index (χ1v) is 6.26. The van der Waals surface area contributed by atoms with Gasteiger partial charge in [-0.25, -0.2) is 0 Å². The van der Waals surface area contributed by atoms with Crippen molar-refractivity contribution in [1.29, 1.82) is 0 Å². The first-order chi connectivity index (χ1) is 7.04. The molecule has 1 amide bonds.